The molecule has 0 amide bonds. The average molecular weight is 262 g/mol. The summed E-state index contributed by atoms with van der Waals surface area (Å²) >= 11 is 0. The van der Waals surface area contributed by atoms with E-state index in [0.717, 1.165) is 18.8 Å². The molecule has 1 saturated heterocycles. The van der Waals surface area contributed by atoms with E-state index >= 15 is 0 Å². The molecule has 1 aromatic heterocycles. The standard InChI is InChI=1S/C13H15FN4O/c1-10-9-18(16-15-10)11-2-3-13(12(14)8-11)17-4-6-19-7-5-17/h2-3,8-9H,4-7H2,1H3. The third kappa shape index (κ3) is 2.44. The second-order valence-electron chi connectivity index (χ2n) is 4.54. The lowest BCUT2D eigenvalue weighted by molar-refractivity contribution is 0.122. The van der Waals surface area contributed by atoms with Crippen molar-refractivity contribution in [3.8, 4) is 5.69 Å². The van der Waals surface area contributed by atoms with E-state index in [0.29, 0.717) is 24.6 Å². The van der Waals surface area contributed by atoms with Gasteiger partial charge in [-0.25, -0.2) is 9.07 Å². The Morgan fingerprint density at radius 2 is 2.05 bits per heavy atom. The van der Waals surface area contributed by atoms with Crippen LogP contribution in [-0.2, 0) is 4.74 Å². The highest BCUT2D eigenvalue weighted by molar-refractivity contribution is 5.52. The number of morpholine rings is 1. The van der Waals surface area contributed by atoms with Gasteiger partial charge < -0.3 is 9.64 Å². The maximum absolute atomic E-state index is 14.2. The van der Waals surface area contributed by atoms with E-state index in [9.17, 15) is 4.39 Å². The van der Waals surface area contributed by atoms with Gasteiger partial charge in [0.25, 0.3) is 0 Å². The average Bonchev–Trinajstić information content (AvgIpc) is 2.86. The van der Waals surface area contributed by atoms with E-state index in [1.54, 1.807) is 16.9 Å². The number of hydrogen-bond acceptors (Lipinski definition) is 4. The van der Waals surface area contributed by atoms with Crippen molar-refractivity contribution in [3.63, 3.8) is 0 Å². The molecule has 1 aromatic carbocycles. The van der Waals surface area contributed by atoms with Crippen LogP contribution >= 0.6 is 0 Å². The molecule has 2 aromatic rings. The molecule has 3 rings (SSSR count). The molecule has 6 heteroatoms. The first-order valence-corrected chi connectivity index (χ1v) is 6.25. The van der Waals surface area contributed by atoms with E-state index in [1.807, 2.05) is 17.9 Å². The predicted molar refractivity (Wildman–Crippen MR) is 69.1 cm³/mol. The van der Waals surface area contributed by atoms with Crippen LogP contribution in [0, 0.1) is 12.7 Å². The van der Waals surface area contributed by atoms with Crippen LogP contribution in [-0.4, -0.2) is 41.3 Å². The van der Waals surface area contributed by atoms with Crippen LogP contribution in [0.2, 0.25) is 0 Å². The highest BCUT2D eigenvalue weighted by atomic mass is 19.1. The Morgan fingerprint density at radius 1 is 1.26 bits per heavy atom. The second-order valence-corrected chi connectivity index (χ2v) is 4.54. The first-order chi connectivity index (χ1) is 9.24. The Balaban J connectivity index is 1.89. The number of hydrogen-bond donors (Lipinski definition) is 0. The van der Waals surface area contributed by atoms with Gasteiger partial charge in [0.05, 0.1) is 36.5 Å². The van der Waals surface area contributed by atoms with Gasteiger partial charge in [-0.15, -0.1) is 5.10 Å². The van der Waals surface area contributed by atoms with Crippen LogP contribution in [0.25, 0.3) is 5.69 Å². The molecule has 19 heavy (non-hydrogen) atoms. The summed E-state index contributed by atoms with van der Waals surface area (Å²) in [6.07, 6.45) is 1.77. The normalized spacial score (nSPS) is 15.8. The SMILES string of the molecule is Cc1cn(-c2ccc(N3CCOCC3)c(F)c2)nn1. The predicted octanol–water partition coefficient (Wildman–Crippen LogP) is 1.55. The largest absolute Gasteiger partial charge is 0.378 e. The van der Waals surface area contributed by atoms with Crippen molar-refractivity contribution in [1.82, 2.24) is 15.0 Å². The van der Waals surface area contributed by atoms with Gasteiger partial charge in [0, 0.05) is 19.2 Å². The third-order valence-electron chi connectivity index (χ3n) is 3.16. The molecule has 5 nitrogen and oxygen atoms in total. The number of benzene rings is 1. The van der Waals surface area contributed by atoms with Gasteiger partial charge in [0.15, 0.2) is 0 Å². The zero-order valence-corrected chi connectivity index (χ0v) is 10.7. The Hall–Kier alpha value is -1.95. The molecule has 0 spiro atoms. The van der Waals surface area contributed by atoms with Gasteiger partial charge in [0.2, 0.25) is 0 Å². The van der Waals surface area contributed by atoms with Crippen molar-refractivity contribution in [2.45, 2.75) is 6.92 Å². The minimum absolute atomic E-state index is 0.243. The van der Waals surface area contributed by atoms with Crippen molar-refractivity contribution in [2.75, 3.05) is 31.2 Å². The summed E-state index contributed by atoms with van der Waals surface area (Å²) in [6.45, 7) is 4.58. The fourth-order valence-corrected chi connectivity index (χ4v) is 2.17. The van der Waals surface area contributed by atoms with Crippen LogP contribution < -0.4 is 4.90 Å². The fraction of sp³-hybridized carbons (Fsp3) is 0.385. The van der Waals surface area contributed by atoms with E-state index in [-0.39, 0.29) is 5.82 Å². The van der Waals surface area contributed by atoms with Crippen molar-refractivity contribution < 1.29 is 9.13 Å². The lowest BCUT2D eigenvalue weighted by Crippen LogP contribution is -2.36. The van der Waals surface area contributed by atoms with Crippen LogP contribution in [0.3, 0.4) is 0 Å². The lowest BCUT2D eigenvalue weighted by Gasteiger charge is -2.29. The Kier molecular flexibility index (Phi) is 3.16. The van der Waals surface area contributed by atoms with Crippen molar-refractivity contribution in [3.05, 3.63) is 35.9 Å². The minimum Gasteiger partial charge on any atom is -0.378 e. The Bertz CT molecular complexity index is 578. The molecular formula is C13H15FN4O. The van der Waals surface area contributed by atoms with Gasteiger partial charge >= 0.3 is 0 Å². The monoisotopic (exact) mass is 262 g/mol. The van der Waals surface area contributed by atoms with Crippen molar-refractivity contribution in [1.29, 1.82) is 0 Å². The lowest BCUT2D eigenvalue weighted by atomic mass is 10.2. The summed E-state index contributed by atoms with van der Waals surface area (Å²) in [5.41, 5.74) is 2.09. The number of anilines is 1. The Morgan fingerprint density at radius 3 is 2.68 bits per heavy atom. The van der Waals surface area contributed by atoms with Crippen molar-refractivity contribution in [2.24, 2.45) is 0 Å². The maximum Gasteiger partial charge on any atom is 0.148 e. The zero-order chi connectivity index (χ0) is 13.2. The molecular weight excluding hydrogens is 247 g/mol. The molecule has 0 saturated carbocycles. The molecule has 1 aliphatic rings. The molecule has 2 heterocycles. The summed E-state index contributed by atoms with van der Waals surface area (Å²) in [5, 5.41) is 7.83. The quantitative estimate of drug-likeness (QED) is 0.823. The minimum atomic E-state index is -0.243. The first-order valence-electron chi connectivity index (χ1n) is 6.25. The van der Waals surface area contributed by atoms with E-state index in [1.165, 1.54) is 6.07 Å². The molecule has 0 atom stereocenters. The molecule has 100 valence electrons. The number of halogens is 1. The van der Waals surface area contributed by atoms with E-state index in [2.05, 4.69) is 10.3 Å². The second kappa shape index (κ2) is 4.97. The zero-order valence-electron chi connectivity index (χ0n) is 10.7. The molecule has 0 radical (unpaired) electrons. The summed E-state index contributed by atoms with van der Waals surface area (Å²) in [7, 11) is 0. The van der Waals surface area contributed by atoms with Crippen LogP contribution in [0.1, 0.15) is 5.69 Å². The van der Waals surface area contributed by atoms with Gasteiger partial charge in [-0.1, -0.05) is 5.21 Å². The molecule has 1 fully saturated rings. The number of nitrogens with zero attached hydrogens (tertiary/aromatic N) is 4. The van der Waals surface area contributed by atoms with Crippen LogP contribution in [0.4, 0.5) is 10.1 Å². The topological polar surface area (TPSA) is 43.2 Å². The van der Waals surface area contributed by atoms with Gasteiger partial charge in [-0.05, 0) is 19.1 Å². The number of aryl methyl sites for hydroxylation is 1. The first kappa shape index (κ1) is 12.1. The maximum atomic E-state index is 14.2. The Labute approximate surface area is 110 Å². The van der Waals surface area contributed by atoms with E-state index < -0.39 is 0 Å². The van der Waals surface area contributed by atoms with Gasteiger partial charge in [-0.2, -0.15) is 0 Å². The number of rotatable bonds is 2. The smallest absolute Gasteiger partial charge is 0.148 e. The fourth-order valence-electron chi connectivity index (χ4n) is 2.17. The van der Waals surface area contributed by atoms with Gasteiger partial charge in [-0.3, -0.25) is 0 Å². The summed E-state index contributed by atoms with van der Waals surface area (Å²) in [6, 6.07) is 5.12. The highest BCUT2D eigenvalue weighted by Crippen LogP contribution is 2.22. The molecule has 1 aliphatic heterocycles. The summed E-state index contributed by atoms with van der Waals surface area (Å²) in [5.74, 6) is -0.243. The summed E-state index contributed by atoms with van der Waals surface area (Å²) in [4.78, 5) is 2.00. The highest BCUT2D eigenvalue weighted by Gasteiger charge is 2.15. The molecule has 0 unspecified atom stereocenters. The number of aromatic nitrogens is 3. The molecule has 0 aliphatic carbocycles. The van der Waals surface area contributed by atoms with Crippen molar-refractivity contribution >= 4 is 5.69 Å². The summed E-state index contributed by atoms with van der Waals surface area (Å²) < 4.78 is 21.0. The molecule has 0 bridgehead atoms. The van der Waals surface area contributed by atoms with Crippen LogP contribution in [0.15, 0.2) is 24.4 Å². The number of ether oxygens (including phenoxy) is 1. The van der Waals surface area contributed by atoms with E-state index in [4.69, 9.17) is 4.74 Å². The van der Waals surface area contributed by atoms with Gasteiger partial charge in [0.1, 0.15) is 5.82 Å². The molecule has 0 N–H and O–H groups in total. The third-order valence-corrected chi connectivity index (χ3v) is 3.16. The van der Waals surface area contributed by atoms with Crippen LogP contribution in [0.5, 0.6) is 0 Å².